The average molecular weight is 295 g/mol. The topological polar surface area (TPSA) is 79.5 Å². The van der Waals surface area contributed by atoms with Crippen molar-refractivity contribution in [2.45, 2.75) is 6.92 Å². The summed E-state index contributed by atoms with van der Waals surface area (Å²) in [6.07, 6.45) is 0. The summed E-state index contributed by atoms with van der Waals surface area (Å²) in [6.45, 7) is 1.83. The number of fused-ring (bicyclic) bond motifs is 1. The second-order valence-electron chi connectivity index (χ2n) is 4.96. The molecule has 0 saturated carbocycles. The maximum atomic E-state index is 12.3. The molecule has 1 aromatic heterocycles. The molecule has 0 aliphatic rings. The van der Waals surface area contributed by atoms with Crippen LogP contribution in [0.15, 0.2) is 57.7 Å². The molecule has 0 fully saturated rings. The van der Waals surface area contributed by atoms with E-state index < -0.39 is 11.5 Å². The molecule has 110 valence electrons. The highest BCUT2D eigenvalue weighted by Crippen LogP contribution is 2.24. The van der Waals surface area contributed by atoms with Gasteiger partial charge in [-0.2, -0.15) is 0 Å². The first-order valence-electron chi connectivity index (χ1n) is 6.68. The summed E-state index contributed by atoms with van der Waals surface area (Å²) in [7, 11) is 0. The first-order valence-corrected chi connectivity index (χ1v) is 6.68. The number of carbonyl (C=O) groups excluding carboxylic acids is 1. The van der Waals surface area contributed by atoms with Crippen LogP contribution >= 0.6 is 0 Å². The fraction of sp³-hybridized carbons (Fsp3) is 0.0588. The van der Waals surface area contributed by atoms with E-state index in [2.05, 4.69) is 5.32 Å². The molecule has 5 nitrogen and oxygen atoms in total. The third-order valence-corrected chi connectivity index (χ3v) is 3.29. The lowest BCUT2D eigenvalue weighted by atomic mass is 10.1. The number of rotatable bonds is 2. The summed E-state index contributed by atoms with van der Waals surface area (Å²) in [5, 5.41) is 12.9. The van der Waals surface area contributed by atoms with Crippen LogP contribution in [0, 0.1) is 6.92 Å². The Hall–Kier alpha value is -3.08. The number of phenols is 1. The predicted octanol–water partition coefficient (Wildman–Crippen LogP) is 3.06. The minimum Gasteiger partial charge on any atom is -0.506 e. The van der Waals surface area contributed by atoms with E-state index >= 15 is 0 Å². The molecule has 0 saturated heterocycles. The summed E-state index contributed by atoms with van der Waals surface area (Å²) in [5.74, 6) is -0.690. The second-order valence-corrected chi connectivity index (χ2v) is 4.96. The fourth-order valence-corrected chi connectivity index (χ4v) is 2.16. The SMILES string of the molecule is Cc1ccc(O)c(NC(=O)c2cc3ccccc3oc2=O)c1. The number of phenolic OH excluding ortho intramolecular Hbond substituents is 1. The molecule has 0 aliphatic heterocycles. The van der Waals surface area contributed by atoms with Gasteiger partial charge in [0.15, 0.2) is 0 Å². The molecule has 0 unspecified atom stereocenters. The lowest BCUT2D eigenvalue weighted by molar-refractivity contribution is 0.102. The number of hydrogen-bond acceptors (Lipinski definition) is 4. The van der Waals surface area contributed by atoms with E-state index in [0.717, 1.165) is 5.56 Å². The standard InChI is InChI=1S/C17H13NO4/c1-10-6-7-14(19)13(8-10)18-16(20)12-9-11-4-2-3-5-15(11)22-17(12)21/h2-9,19H,1H3,(H,18,20). The number of aromatic hydroxyl groups is 1. The molecule has 0 spiro atoms. The Morgan fingerprint density at radius 1 is 1.14 bits per heavy atom. The lowest BCUT2D eigenvalue weighted by Crippen LogP contribution is -2.20. The van der Waals surface area contributed by atoms with Crippen LogP contribution in [0.2, 0.25) is 0 Å². The Balaban J connectivity index is 2.00. The van der Waals surface area contributed by atoms with Gasteiger partial charge >= 0.3 is 5.63 Å². The van der Waals surface area contributed by atoms with E-state index in [1.165, 1.54) is 12.1 Å². The van der Waals surface area contributed by atoms with Gasteiger partial charge in [0.2, 0.25) is 0 Å². The van der Waals surface area contributed by atoms with Gasteiger partial charge in [0.05, 0.1) is 5.69 Å². The van der Waals surface area contributed by atoms with E-state index in [1.807, 2.05) is 6.92 Å². The zero-order valence-electron chi connectivity index (χ0n) is 11.8. The molecule has 1 heterocycles. The van der Waals surface area contributed by atoms with Crippen LogP contribution in [0.25, 0.3) is 11.0 Å². The van der Waals surface area contributed by atoms with Crippen molar-refractivity contribution < 1.29 is 14.3 Å². The van der Waals surface area contributed by atoms with E-state index in [-0.39, 0.29) is 17.0 Å². The van der Waals surface area contributed by atoms with E-state index in [1.54, 1.807) is 36.4 Å². The molecular formula is C17H13NO4. The smallest absolute Gasteiger partial charge is 0.349 e. The highest BCUT2D eigenvalue weighted by Gasteiger charge is 2.15. The minimum atomic E-state index is -0.719. The zero-order chi connectivity index (χ0) is 15.7. The van der Waals surface area contributed by atoms with Crippen molar-refractivity contribution >= 4 is 22.6 Å². The largest absolute Gasteiger partial charge is 0.506 e. The van der Waals surface area contributed by atoms with Gasteiger partial charge in [0, 0.05) is 5.39 Å². The van der Waals surface area contributed by atoms with E-state index in [0.29, 0.717) is 11.0 Å². The van der Waals surface area contributed by atoms with Crippen LogP contribution in [0.3, 0.4) is 0 Å². The van der Waals surface area contributed by atoms with Crippen LogP contribution in [0.1, 0.15) is 15.9 Å². The highest BCUT2D eigenvalue weighted by atomic mass is 16.4. The van der Waals surface area contributed by atoms with Crippen LogP contribution in [-0.2, 0) is 0 Å². The van der Waals surface area contributed by atoms with Gasteiger partial charge in [-0.3, -0.25) is 4.79 Å². The van der Waals surface area contributed by atoms with Crippen molar-refractivity contribution in [2.75, 3.05) is 5.32 Å². The van der Waals surface area contributed by atoms with Gasteiger partial charge in [0.25, 0.3) is 5.91 Å². The van der Waals surface area contributed by atoms with Crippen molar-refractivity contribution in [1.82, 2.24) is 0 Å². The number of para-hydroxylation sites is 1. The van der Waals surface area contributed by atoms with Gasteiger partial charge in [-0.1, -0.05) is 24.3 Å². The molecule has 2 aromatic carbocycles. The lowest BCUT2D eigenvalue weighted by Gasteiger charge is -2.08. The van der Waals surface area contributed by atoms with E-state index in [4.69, 9.17) is 4.42 Å². The molecule has 0 atom stereocenters. The highest BCUT2D eigenvalue weighted by molar-refractivity contribution is 6.06. The minimum absolute atomic E-state index is 0.0656. The maximum absolute atomic E-state index is 12.3. The van der Waals surface area contributed by atoms with Crippen molar-refractivity contribution in [3.63, 3.8) is 0 Å². The van der Waals surface area contributed by atoms with Crippen molar-refractivity contribution in [3.8, 4) is 5.75 Å². The third-order valence-electron chi connectivity index (χ3n) is 3.29. The Labute approximate surface area is 125 Å². The summed E-state index contributed by atoms with van der Waals surface area (Å²) in [5.41, 5.74) is 0.710. The number of amides is 1. The molecule has 0 bridgehead atoms. The second kappa shape index (κ2) is 5.37. The Bertz CT molecular complexity index is 927. The molecule has 0 aliphatic carbocycles. The summed E-state index contributed by atoms with van der Waals surface area (Å²) in [6, 6.07) is 13.2. The van der Waals surface area contributed by atoms with Crippen LogP contribution in [-0.4, -0.2) is 11.0 Å². The zero-order valence-corrected chi connectivity index (χ0v) is 11.8. The van der Waals surface area contributed by atoms with Gasteiger partial charge in [-0.15, -0.1) is 0 Å². The molecule has 22 heavy (non-hydrogen) atoms. The number of nitrogens with one attached hydrogen (secondary N) is 1. The molecule has 3 rings (SSSR count). The summed E-state index contributed by atoms with van der Waals surface area (Å²) < 4.78 is 5.13. The summed E-state index contributed by atoms with van der Waals surface area (Å²) in [4.78, 5) is 24.2. The number of aryl methyl sites for hydroxylation is 1. The van der Waals surface area contributed by atoms with Gasteiger partial charge in [-0.25, -0.2) is 4.79 Å². The number of carbonyl (C=O) groups is 1. The van der Waals surface area contributed by atoms with Crippen molar-refractivity contribution in [1.29, 1.82) is 0 Å². The molecule has 1 amide bonds. The van der Waals surface area contributed by atoms with Gasteiger partial charge in [0.1, 0.15) is 16.9 Å². The van der Waals surface area contributed by atoms with Gasteiger partial charge < -0.3 is 14.8 Å². The van der Waals surface area contributed by atoms with Gasteiger partial charge in [-0.05, 0) is 36.8 Å². The first kappa shape index (κ1) is 13.9. The fourth-order valence-electron chi connectivity index (χ4n) is 2.16. The molecule has 2 N–H and O–H groups in total. The maximum Gasteiger partial charge on any atom is 0.349 e. The average Bonchev–Trinajstić information content (AvgIpc) is 2.50. The summed E-state index contributed by atoms with van der Waals surface area (Å²) >= 11 is 0. The van der Waals surface area contributed by atoms with Crippen LogP contribution < -0.4 is 10.9 Å². The number of hydrogen-bond donors (Lipinski definition) is 2. The van der Waals surface area contributed by atoms with Crippen LogP contribution in [0.4, 0.5) is 5.69 Å². The molecule has 5 heteroatoms. The quantitative estimate of drug-likeness (QED) is 0.562. The van der Waals surface area contributed by atoms with Crippen LogP contribution in [0.5, 0.6) is 5.75 Å². The monoisotopic (exact) mass is 295 g/mol. The number of benzene rings is 2. The third kappa shape index (κ3) is 2.56. The normalized spacial score (nSPS) is 10.6. The Kier molecular flexibility index (Phi) is 3.39. The predicted molar refractivity (Wildman–Crippen MR) is 83.3 cm³/mol. The molecular weight excluding hydrogens is 282 g/mol. The number of anilines is 1. The van der Waals surface area contributed by atoms with E-state index in [9.17, 15) is 14.7 Å². The molecule has 3 aromatic rings. The van der Waals surface area contributed by atoms with Crippen molar-refractivity contribution in [3.05, 3.63) is 70.1 Å². The van der Waals surface area contributed by atoms with Crippen molar-refractivity contribution in [2.24, 2.45) is 0 Å². The Morgan fingerprint density at radius 2 is 1.91 bits per heavy atom. The first-order chi connectivity index (χ1) is 10.5. The Morgan fingerprint density at radius 3 is 2.73 bits per heavy atom. The molecule has 0 radical (unpaired) electrons.